The van der Waals surface area contributed by atoms with Crippen LogP contribution in [0.3, 0.4) is 0 Å². The van der Waals surface area contributed by atoms with Crippen LogP contribution in [0.2, 0.25) is 0 Å². The van der Waals surface area contributed by atoms with Gasteiger partial charge in [-0.2, -0.15) is 0 Å². The van der Waals surface area contributed by atoms with Gasteiger partial charge in [-0.1, -0.05) is 29.8 Å². The van der Waals surface area contributed by atoms with Gasteiger partial charge >= 0.3 is 6.09 Å². The lowest BCUT2D eigenvalue weighted by molar-refractivity contribution is -0.149. The van der Waals surface area contributed by atoms with Crippen molar-refractivity contribution in [1.82, 2.24) is 15.5 Å². The lowest BCUT2D eigenvalue weighted by Gasteiger charge is -2.43. The molecular weight excluding hydrogens is 410 g/mol. The van der Waals surface area contributed by atoms with Crippen LogP contribution in [0.25, 0.3) is 0 Å². The van der Waals surface area contributed by atoms with E-state index in [-0.39, 0.29) is 11.9 Å². The molecule has 0 aromatic heterocycles. The number of aliphatic hydroxyl groups excluding tert-OH is 1. The van der Waals surface area contributed by atoms with Gasteiger partial charge in [0.15, 0.2) is 0 Å². The second-order valence-electron chi connectivity index (χ2n) is 10.2. The lowest BCUT2D eigenvalue weighted by Crippen LogP contribution is -2.59. The Balaban J connectivity index is 3.45. The molecule has 1 aromatic rings. The summed E-state index contributed by atoms with van der Waals surface area (Å²) in [5.74, 6) is -0.931. The Hall–Kier alpha value is -2.61. The number of alkyl carbamates (subject to hydrolysis) is 1. The van der Waals surface area contributed by atoms with E-state index in [0.29, 0.717) is 5.56 Å². The molecular formula is C24H39N3O5. The number of rotatable bonds is 7. The van der Waals surface area contributed by atoms with Crippen molar-refractivity contribution >= 4 is 17.9 Å². The van der Waals surface area contributed by atoms with Gasteiger partial charge in [0.1, 0.15) is 17.7 Å². The van der Waals surface area contributed by atoms with Gasteiger partial charge in [0, 0.05) is 11.6 Å². The van der Waals surface area contributed by atoms with Crippen molar-refractivity contribution in [1.29, 1.82) is 0 Å². The molecule has 3 N–H and O–H groups in total. The number of carbonyl (C=O) groups excluding carboxylic acids is 3. The largest absolute Gasteiger partial charge is 0.444 e. The van der Waals surface area contributed by atoms with Crippen molar-refractivity contribution < 1.29 is 24.2 Å². The Morgan fingerprint density at radius 1 is 1.06 bits per heavy atom. The maximum Gasteiger partial charge on any atom is 0.408 e. The maximum atomic E-state index is 13.6. The molecule has 0 saturated heterocycles. The molecule has 3 amide bonds. The van der Waals surface area contributed by atoms with Crippen molar-refractivity contribution in [2.24, 2.45) is 0 Å². The smallest absolute Gasteiger partial charge is 0.408 e. The molecule has 8 heteroatoms. The normalized spacial score (nSPS) is 13.8. The third-order valence-corrected chi connectivity index (χ3v) is 4.43. The average molecular weight is 450 g/mol. The Labute approximate surface area is 191 Å². The van der Waals surface area contributed by atoms with Crippen LogP contribution in [0.4, 0.5) is 4.79 Å². The molecule has 32 heavy (non-hydrogen) atoms. The summed E-state index contributed by atoms with van der Waals surface area (Å²) in [5, 5.41) is 15.2. The zero-order valence-corrected chi connectivity index (χ0v) is 20.8. The van der Waals surface area contributed by atoms with E-state index in [2.05, 4.69) is 10.6 Å². The number of hydrogen-bond donors (Lipinski definition) is 3. The van der Waals surface area contributed by atoms with E-state index >= 15 is 0 Å². The van der Waals surface area contributed by atoms with Crippen molar-refractivity contribution in [3.63, 3.8) is 0 Å². The highest BCUT2D eigenvalue weighted by Crippen LogP contribution is 2.30. The maximum absolute atomic E-state index is 13.6. The fourth-order valence-corrected chi connectivity index (χ4v) is 3.27. The first-order valence-electron chi connectivity index (χ1n) is 10.9. The molecule has 2 atom stereocenters. The Morgan fingerprint density at radius 3 is 2.09 bits per heavy atom. The highest BCUT2D eigenvalue weighted by Gasteiger charge is 2.41. The van der Waals surface area contributed by atoms with Crippen molar-refractivity contribution in [2.45, 2.75) is 91.6 Å². The molecule has 0 aliphatic carbocycles. The lowest BCUT2D eigenvalue weighted by atomic mass is 9.94. The highest BCUT2D eigenvalue weighted by atomic mass is 16.6. The van der Waals surface area contributed by atoms with Crippen molar-refractivity contribution in [3.05, 3.63) is 35.4 Å². The Morgan fingerprint density at radius 2 is 1.66 bits per heavy atom. The number of nitrogens with one attached hydrogen (secondary N) is 2. The fourth-order valence-electron chi connectivity index (χ4n) is 3.27. The van der Waals surface area contributed by atoms with Crippen LogP contribution in [0.15, 0.2) is 24.3 Å². The summed E-state index contributed by atoms with van der Waals surface area (Å²) in [6.07, 6.45) is -0.822. The summed E-state index contributed by atoms with van der Waals surface area (Å²) in [7, 11) is 0. The number of ether oxygens (including phenoxy) is 1. The van der Waals surface area contributed by atoms with Crippen LogP contribution in [0.1, 0.15) is 72.6 Å². The minimum atomic E-state index is -1.27. The average Bonchev–Trinajstić information content (AvgIpc) is 2.60. The van der Waals surface area contributed by atoms with Crippen LogP contribution in [0.5, 0.6) is 0 Å². The number of carbonyl (C=O) groups is 3. The first kappa shape index (κ1) is 27.4. The van der Waals surface area contributed by atoms with Crippen LogP contribution < -0.4 is 10.6 Å². The summed E-state index contributed by atoms with van der Waals surface area (Å²) in [5.41, 5.74) is 0.0122. The van der Waals surface area contributed by atoms with Gasteiger partial charge in [0.25, 0.3) is 0 Å². The van der Waals surface area contributed by atoms with E-state index < -0.39 is 41.8 Å². The second kappa shape index (κ2) is 10.8. The zero-order chi connectivity index (χ0) is 24.9. The van der Waals surface area contributed by atoms with E-state index in [9.17, 15) is 19.5 Å². The molecule has 0 spiro atoms. The van der Waals surface area contributed by atoms with Gasteiger partial charge in [-0.25, -0.2) is 4.79 Å². The van der Waals surface area contributed by atoms with Crippen LogP contribution in [-0.4, -0.2) is 57.7 Å². The van der Waals surface area contributed by atoms with E-state index in [0.717, 1.165) is 5.56 Å². The zero-order valence-electron chi connectivity index (χ0n) is 20.8. The molecule has 1 aromatic carbocycles. The first-order chi connectivity index (χ1) is 14.6. The predicted octanol–water partition coefficient (Wildman–Crippen LogP) is 3.07. The van der Waals surface area contributed by atoms with Crippen LogP contribution in [0, 0.1) is 6.92 Å². The molecule has 0 heterocycles. The van der Waals surface area contributed by atoms with E-state index in [1.807, 2.05) is 39.0 Å². The van der Waals surface area contributed by atoms with Gasteiger partial charge in [-0.3, -0.25) is 9.59 Å². The predicted molar refractivity (Wildman–Crippen MR) is 124 cm³/mol. The number of aryl methyl sites for hydroxylation is 1. The summed E-state index contributed by atoms with van der Waals surface area (Å²) in [6.45, 7) is 15.5. The minimum absolute atomic E-state index is 0.139. The van der Waals surface area contributed by atoms with Gasteiger partial charge in [-0.05, 0) is 67.9 Å². The fraction of sp³-hybridized carbons (Fsp3) is 0.625. The van der Waals surface area contributed by atoms with Gasteiger partial charge in [-0.15, -0.1) is 0 Å². The van der Waals surface area contributed by atoms with Crippen LogP contribution >= 0.6 is 0 Å². The molecule has 0 aliphatic rings. The number of benzene rings is 1. The Bertz CT molecular complexity index is 809. The third kappa shape index (κ3) is 8.15. The first-order valence-corrected chi connectivity index (χ1v) is 10.9. The quantitative estimate of drug-likeness (QED) is 0.593. The minimum Gasteiger partial charge on any atom is -0.444 e. The van der Waals surface area contributed by atoms with E-state index in [1.165, 1.54) is 4.90 Å². The summed E-state index contributed by atoms with van der Waals surface area (Å²) < 4.78 is 5.24. The van der Waals surface area contributed by atoms with E-state index in [4.69, 9.17) is 4.74 Å². The number of amides is 3. The summed E-state index contributed by atoms with van der Waals surface area (Å²) in [6, 6.07) is 5.01. The number of hydrogen-bond acceptors (Lipinski definition) is 5. The summed E-state index contributed by atoms with van der Waals surface area (Å²) in [4.78, 5) is 40.6. The number of nitrogens with zero attached hydrogens (tertiary/aromatic N) is 1. The topological polar surface area (TPSA) is 108 Å². The molecule has 8 nitrogen and oxygen atoms in total. The van der Waals surface area contributed by atoms with Gasteiger partial charge in [0.2, 0.25) is 11.8 Å². The molecule has 0 aliphatic heterocycles. The van der Waals surface area contributed by atoms with Crippen molar-refractivity contribution in [2.75, 3.05) is 6.61 Å². The molecule has 2 unspecified atom stereocenters. The number of aliphatic hydroxyl groups is 1. The van der Waals surface area contributed by atoms with Crippen molar-refractivity contribution in [3.8, 4) is 0 Å². The molecule has 0 radical (unpaired) electrons. The monoisotopic (exact) mass is 449 g/mol. The van der Waals surface area contributed by atoms with E-state index in [1.54, 1.807) is 47.6 Å². The molecule has 0 fully saturated rings. The second-order valence-corrected chi connectivity index (χ2v) is 10.2. The SMILES string of the molecule is Cc1cccc(C(C(=O)NC(C)C)N(C(=O)C(CO)NC(=O)OC(C)(C)C)C(C)(C)C)c1. The Kier molecular flexibility index (Phi) is 9.26. The highest BCUT2D eigenvalue weighted by molar-refractivity contribution is 5.92. The van der Waals surface area contributed by atoms with Gasteiger partial charge in [0.05, 0.1) is 6.61 Å². The molecule has 180 valence electrons. The third-order valence-electron chi connectivity index (χ3n) is 4.43. The standard InChI is InChI=1S/C24H39N3O5/c1-15(2)25-20(29)19(17-12-10-11-16(3)13-17)27(23(4,5)6)21(30)18(14-28)26-22(31)32-24(7,8)9/h10-13,15,18-19,28H,14H2,1-9H3,(H,25,29)(H,26,31). The molecule has 0 saturated carbocycles. The van der Waals surface area contributed by atoms with Gasteiger partial charge < -0.3 is 25.4 Å². The molecule has 0 bridgehead atoms. The summed E-state index contributed by atoms with van der Waals surface area (Å²) >= 11 is 0. The van der Waals surface area contributed by atoms with Crippen LogP contribution in [-0.2, 0) is 14.3 Å². The molecule has 1 rings (SSSR count).